The van der Waals surface area contributed by atoms with Gasteiger partial charge in [-0.25, -0.2) is 0 Å². The van der Waals surface area contributed by atoms with Crippen molar-refractivity contribution in [3.8, 4) is 0 Å². The molecule has 2 N–H and O–H groups in total. The minimum absolute atomic E-state index is 0. The summed E-state index contributed by atoms with van der Waals surface area (Å²) in [5, 5.41) is 97.5. The van der Waals surface area contributed by atoms with Crippen molar-refractivity contribution in [2.75, 3.05) is 52.6 Å². The zero-order valence-electron chi connectivity index (χ0n) is 23.5. The summed E-state index contributed by atoms with van der Waals surface area (Å²) in [5.41, 5.74) is 1.85. The van der Waals surface area contributed by atoms with Crippen molar-refractivity contribution >= 4 is 0 Å². The largest absolute Gasteiger partial charge is 3.00 e. The SMILES string of the molecule is O=[N+]([O-])[O-].O=[N+]([O-])[O-].O=[N+]([O-])[O-].O=[N+]([O-])[O-].[Dy+3].[Dy+3].[O-]CCN(CCO)Cc1ccccn1.[O-]CCN(CCO)Cc1ccccn1. The summed E-state index contributed by atoms with van der Waals surface area (Å²) in [6.45, 7) is 3.08. The minimum atomic E-state index is -1.75. The maximum absolute atomic E-state index is 10.5. The van der Waals surface area contributed by atoms with Crippen molar-refractivity contribution < 1.29 is 117 Å². The zero-order chi connectivity index (χ0) is 34.8. The van der Waals surface area contributed by atoms with Gasteiger partial charge in [-0.3, -0.25) is 19.8 Å². The van der Waals surface area contributed by atoms with E-state index in [-0.39, 0.29) is 103 Å². The number of aliphatic hydroxyl groups is 2. The Morgan fingerprint density at radius 3 is 0.978 bits per heavy atom. The molecular formula is C20H30Dy2N8O16. The fraction of sp³-hybridized carbons (Fsp3) is 0.500. The summed E-state index contributed by atoms with van der Waals surface area (Å²) >= 11 is 0. The predicted molar refractivity (Wildman–Crippen MR) is 144 cm³/mol. The van der Waals surface area contributed by atoms with E-state index in [9.17, 15) is 10.2 Å². The van der Waals surface area contributed by atoms with Crippen molar-refractivity contribution in [2.45, 2.75) is 13.1 Å². The van der Waals surface area contributed by atoms with Gasteiger partial charge in [0.2, 0.25) is 0 Å². The van der Waals surface area contributed by atoms with Gasteiger partial charge >= 0.3 is 76.3 Å². The third kappa shape index (κ3) is 60.6. The van der Waals surface area contributed by atoms with E-state index in [0.29, 0.717) is 39.3 Å². The van der Waals surface area contributed by atoms with E-state index in [1.807, 2.05) is 46.2 Å². The van der Waals surface area contributed by atoms with E-state index >= 15 is 0 Å². The van der Waals surface area contributed by atoms with Crippen molar-refractivity contribution in [1.29, 1.82) is 0 Å². The summed E-state index contributed by atoms with van der Waals surface area (Å²) in [5.74, 6) is 0. The Bertz CT molecular complexity index is 848. The average Bonchev–Trinajstić information content (AvgIpc) is 2.90. The number of aliphatic hydroxyl groups excluding tert-OH is 2. The molecule has 26 heteroatoms. The number of rotatable bonds is 12. The second-order valence-corrected chi connectivity index (χ2v) is 6.94. The van der Waals surface area contributed by atoms with Gasteiger partial charge in [0.05, 0.1) is 44.9 Å². The minimum Gasteiger partial charge on any atom is -0.854 e. The van der Waals surface area contributed by atoms with Gasteiger partial charge in [0.15, 0.2) is 0 Å². The standard InChI is InChI=1S/2C10H15N2O2.2Dy.4NO3/c2*13-7-5-12(6-8-14)9-10-3-1-2-4-11-10;;;4*2-1(3)4/h2*1-4,13H,5-9H2;;;;;;/q2*-1;2*+3;4*-1. The van der Waals surface area contributed by atoms with Crippen LogP contribution in [0.1, 0.15) is 11.4 Å². The third-order valence-corrected chi connectivity index (χ3v) is 3.87. The van der Waals surface area contributed by atoms with Crippen molar-refractivity contribution in [3.05, 3.63) is 121 Å². The summed E-state index contributed by atoms with van der Waals surface area (Å²) in [6.07, 6.45) is 3.45. The summed E-state index contributed by atoms with van der Waals surface area (Å²) in [4.78, 5) is 45.1. The smallest absolute Gasteiger partial charge is 0.854 e. The van der Waals surface area contributed by atoms with Crippen LogP contribution in [0.3, 0.4) is 0 Å². The van der Waals surface area contributed by atoms with Crippen LogP contribution in [0.5, 0.6) is 0 Å². The molecule has 266 valence electrons. The van der Waals surface area contributed by atoms with E-state index < -0.39 is 20.3 Å². The molecule has 0 bridgehead atoms. The van der Waals surface area contributed by atoms with Gasteiger partial charge in [0.1, 0.15) is 0 Å². The van der Waals surface area contributed by atoms with Gasteiger partial charge in [-0.15, -0.1) is 13.2 Å². The van der Waals surface area contributed by atoms with Gasteiger partial charge in [-0.1, -0.05) is 12.1 Å². The molecule has 0 atom stereocenters. The van der Waals surface area contributed by atoms with Crippen LogP contribution in [0.4, 0.5) is 0 Å². The zero-order valence-corrected chi connectivity index (χ0v) is 27.6. The first-order valence-electron chi connectivity index (χ1n) is 11.5. The Morgan fingerprint density at radius 1 is 0.543 bits per heavy atom. The second kappa shape index (κ2) is 42.4. The van der Waals surface area contributed by atoms with Crippen molar-refractivity contribution in [3.63, 3.8) is 0 Å². The quantitative estimate of drug-likeness (QED) is 0.164. The number of nitrogens with zero attached hydrogens (tertiary/aromatic N) is 8. The van der Waals surface area contributed by atoms with Crippen LogP contribution in [0.15, 0.2) is 48.8 Å². The van der Waals surface area contributed by atoms with E-state index in [4.69, 9.17) is 71.5 Å². The van der Waals surface area contributed by atoms with E-state index in [1.165, 1.54) is 0 Å². The Kier molecular flexibility index (Phi) is 51.4. The van der Waals surface area contributed by atoms with Crippen LogP contribution in [0.25, 0.3) is 0 Å². The van der Waals surface area contributed by atoms with Gasteiger partial charge in [0.25, 0.3) is 0 Å². The topological polar surface area (TPSA) is 384 Å². The first-order valence-corrected chi connectivity index (χ1v) is 11.5. The molecule has 2 aromatic heterocycles. The van der Waals surface area contributed by atoms with Crippen LogP contribution >= 0.6 is 0 Å². The molecule has 0 fully saturated rings. The number of aromatic nitrogens is 2. The van der Waals surface area contributed by atoms with E-state index in [2.05, 4.69) is 9.97 Å². The molecule has 2 aromatic rings. The molecule has 24 nitrogen and oxygen atoms in total. The van der Waals surface area contributed by atoms with Crippen LogP contribution in [-0.2, 0) is 13.1 Å². The summed E-state index contributed by atoms with van der Waals surface area (Å²) in [6, 6.07) is 11.4. The first kappa shape index (κ1) is 55.8. The fourth-order valence-electron chi connectivity index (χ4n) is 2.52. The van der Waals surface area contributed by atoms with Crippen molar-refractivity contribution in [1.82, 2.24) is 19.8 Å². The number of hydrogen-bond acceptors (Lipinski definition) is 20. The van der Waals surface area contributed by atoms with E-state index in [1.54, 1.807) is 12.4 Å². The predicted octanol–water partition coefficient (Wildman–Crippen LogP) is -2.48. The van der Waals surface area contributed by atoms with Crippen LogP contribution in [-0.4, -0.2) is 103 Å². The molecule has 0 aromatic carbocycles. The number of hydrogen-bond donors (Lipinski definition) is 2. The summed E-state index contributed by atoms with van der Waals surface area (Å²) < 4.78 is 0. The Hall–Kier alpha value is -2.59. The molecule has 0 saturated carbocycles. The molecule has 2 heterocycles. The fourth-order valence-corrected chi connectivity index (χ4v) is 2.52. The molecule has 0 aliphatic heterocycles. The van der Waals surface area contributed by atoms with Crippen LogP contribution < -0.4 is 10.2 Å². The molecule has 0 amide bonds. The molecule has 2 rings (SSSR count). The molecule has 46 heavy (non-hydrogen) atoms. The Morgan fingerprint density at radius 2 is 0.804 bits per heavy atom. The van der Waals surface area contributed by atoms with E-state index in [0.717, 1.165) is 11.4 Å². The average molecular weight is 963 g/mol. The normalized spacial score (nSPS) is 8.65. The van der Waals surface area contributed by atoms with Gasteiger partial charge < -0.3 is 81.7 Å². The first-order chi connectivity index (χ1) is 20.7. The monoisotopic (exact) mass is 966 g/mol. The molecule has 0 saturated heterocycles. The Labute approximate surface area is 321 Å². The third-order valence-electron chi connectivity index (χ3n) is 3.87. The molecule has 0 unspecified atom stereocenters. The Balaban J connectivity index is -0.000000116. The molecule has 0 spiro atoms. The summed E-state index contributed by atoms with van der Waals surface area (Å²) in [7, 11) is 0. The number of pyridine rings is 2. The maximum Gasteiger partial charge on any atom is 3.00 e. The molecule has 0 aliphatic carbocycles. The maximum atomic E-state index is 10.5. The molecule has 2 radical (unpaired) electrons. The van der Waals surface area contributed by atoms with Gasteiger partial charge in [-0.05, 0) is 37.4 Å². The van der Waals surface area contributed by atoms with Crippen LogP contribution in [0, 0.1) is 138 Å². The molecular weight excluding hydrogens is 933 g/mol. The van der Waals surface area contributed by atoms with Crippen LogP contribution in [0.2, 0.25) is 0 Å². The van der Waals surface area contributed by atoms with Gasteiger partial charge in [-0.2, -0.15) is 0 Å². The van der Waals surface area contributed by atoms with Crippen molar-refractivity contribution in [2.24, 2.45) is 0 Å². The second-order valence-electron chi connectivity index (χ2n) is 6.94. The molecule has 0 aliphatic rings. The van der Waals surface area contributed by atoms with Gasteiger partial charge in [0, 0.05) is 38.6 Å².